The van der Waals surface area contributed by atoms with Crippen LogP contribution in [0.15, 0.2) is 72.8 Å². The maximum Gasteiger partial charge on any atom is 0.251 e. The smallest absolute Gasteiger partial charge is 0.251 e. The Hall–Kier alpha value is -3.54. The van der Waals surface area contributed by atoms with Gasteiger partial charge in [0.25, 0.3) is 5.91 Å². The Morgan fingerprint density at radius 1 is 0.960 bits per heavy atom. The molecule has 0 aliphatic rings. The lowest BCUT2D eigenvalue weighted by Gasteiger charge is -2.08. The molecule has 3 rings (SSSR count). The minimum absolute atomic E-state index is 0.157. The number of hydrogen-bond donors (Lipinski definition) is 2. The van der Waals surface area contributed by atoms with Crippen molar-refractivity contribution in [2.24, 2.45) is 0 Å². The summed E-state index contributed by atoms with van der Waals surface area (Å²) in [7, 11) is 0. The molecule has 0 spiro atoms. The molecule has 6 heteroatoms. The van der Waals surface area contributed by atoms with E-state index in [-0.39, 0.29) is 5.91 Å². The third kappa shape index (κ3) is 4.71. The molecule has 2 heterocycles. The minimum Gasteiger partial charge on any atom is -0.324 e. The third-order valence-electron chi connectivity index (χ3n) is 3.39. The second-order valence-electron chi connectivity index (χ2n) is 5.34. The van der Waals surface area contributed by atoms with Crippen molar-refractivity contribution in [3.05, 3.63) is 78.4 Å². The van der Waals surface area contributed by atoms with E-state index in [4.69, 9.17) is 0 Å². The standard InChI is InChI=1S/C19H17N5O/c1-14(12-15-4-2-9-20-13-15)18(25)23-16-5-7-17(8-6-16)24-19-21-10-3-11-22-19/h2-13H,1H3,(H,23,25)(H,21,22,24)/b14-12+. The van der Waals surface area contributed by atoms with E-state index in [0.29, 0.717) is 17.2 Å². The second-order valence-corrected chi connectivity index (χ2v) is 5.34. The molecule has 0 unspecified atom stereocenters. The molecule has 2 N–H and O–H groups in total. The molecule has 1 aromatic carbocycles. The first-order chi connectivity index (χ1) is 12.2. The summed E-state index contributed by atoms with van der Waals surface area (Å²) < 4.78 is 0. The van der Waals surface area contributed by atoms with Crippen LogP contribution in [0.2, 0.25) is 0 Å². The quantitative estimate of drug-likeness (QED) is 0.698. The first-order valence-electron chi connectivity index (χ1n) is 7.74. The largest absolute Gasteiger partial charge is 0.324 e. The Balaban J connectivity index is 1.63. The molecule has 25 heavy (non-hydrogen) atoms. The summed E-state index contributed by atoms with van der Waals surface area (Å²) in [5.74, 6) is 0.366. The molecule has 124 valence electrons. The van der Waals surface area contributed by atoms with E-state index in [9.17, 15) is 4.79 Å². The molecule has 0 atom stereocenters. The second kappa shape index (κ2) is 7.83. The normalized spacial score (nSPS) is 11.0. The van der Waals surface area contributed by atoms with E-state index in [2.05, 4.69) is 25.6 Å². The van der Waals surface area contributed by atoms with Gasteiger partial charge in [-0.1, -0.05) is 6.07 Å². The van der Waals surface area contributed by atoms with Crippen LogP contribution in [0.3, 0.4) is 0 Å². The van der Waals surface area contributed by atoms with Crippen molar-refractivity contribution < 1.29 is 4.79 Å². The summed E-state index contributed by atoms with van der Waals surface area (Å²) in [6, 6.07) is 12.8. The fraction of sp³-hybridized carbons (Fsp3) is 0.0526. The Bertz CT molecular complexity index is 861. The zero-order valence-corrected chi connectivity index (χ0v) is 13.7. The first kappa shape index (κ1) is 16.3. The van der Waals surface area contributed by atoms with Gasteiger partial charge in [-0.25, -0.2) is 9.97 Å². The maximum absolute atomic E-state index is 12.3. The van der Waals surface area contributed by atoms with Crippen LogP contribution in [0.1, 0.15) is 12.5 Å². The molecular formula is C19H17N5O. The number of rotatable bonds is 5. The zero-order valence-electron chi connectivity index (χ0n) is 13.7. The lowest BCUT2D eigenvalue weighted by Crippen LogP contribution is -2.12. The molecular weight excluding hydrogens is 314 g/mol. The highest BCUT2D eigenvalue weighted by Crippen LogP contribution is 2.17. The molecule has 2 aromatic heterocycles. The van der Waals surface area contributed by atoms with Gasteiger partial charge in [0.05, 0.1) is 0 Å². The molecule has 0 fully saturated rings. The molecule has 0 saturated carbocycles. The van der Waals surface area contributed by atoms with Crippen LogP contribution in [0.25, 0.3) is 6.08 Å². The van der Waals surface area contributed by atoms with Gasteiger partial charge < -0.3 is 10.6 Å². The van der Waals surface area contributed by atoms with Gasteiger partial charge in [0.2, 0.25) is 5.95 Å². The van der Waals surface area contributed by atoms with Crippen LogP contribution < -0.4 is 10.6 Å². The maximum atomic E-state index is 12.3. The van der Waals surface area contributed by atoms with E-state index in [1.165, 1.54) is 0 Å². The van der Waals surface area contributed by atoms with E-state index in [0.717, 1.165) is 11.3 Å². The number of aromatic nitrogens is 3. The van der Waals surface area contributed by atoms with Crippen LogP contribution in [0.5, 0.6) is 0 Å². The average molecular weight is 331 g/mol. The van der Waals surface area contributed by atoms with Gasteiger partial charge in [-0.2, -0.15) is 0 Å². The van der Waals surface area contributed by atoms with Gasteiger partial charge in [-0.15, -0.1) is 0 Å². The number of carbonyl (C=O) groups is 1. The summed E-state index contributed by atoms with van der Waals surface area (Å²) in [6.45, 7) is 1.77. The lowest BCUT2D eigenvalue weighted by atomic mass is 10.1. The van der Waals surface area contributed by atoms with Crippen molar-refractivity contribution in [3.8, 4) is 0 Å². The van der Waals surface area contributed by atoms with Gasteiger partial charge in [-0.3, -0.25) is 9.78 Å². The summed E-state index contributed by atoms with van der Waals surface area (Å²) >= 11 is 0. The summed E-state index contributed by atoms with van der Waals surface area (Å²) in [5.41, 5.74) is 3.04. The Labute approximate surface area is 145 Å². The molecule has 0 saturated heterocycles. The van der Waals surface area contributed by atoms with Gasteiger partial charge in [0.15, 0.2) is 0 Å². The number of pyridine rings is 1. The number of anilines is 3. The van der Waals surface area contributed by atoms with Crippen molar-refractivity contribution >= 4 is 29.3 Å². The highest BCUT2D eigenvalue weighted by atomic mass is 16.1. The first-order valence-corrected chi connectivity index (χ1v) is 7.74. The van der Waals surface area contributed by atoms with Gasteiger partial charge in [0, 0.05) is 41.7 Å². The lowest BCUT2D eigenvalue weighted by molar-refractivity contribution is -0.112. The number of nitrogens with zero attached hydrogens (tertiary/aromatic N) is 3. The Kier molecular flexibility index (Phi) is 5.11. The van der Waals surface area contributed by atoms with Gasteiger partial charge >= 0.3 is 0 Å². The fourth-order valence-electron chi connectivity index (χ4n) is 2.14. The van der Waals surface area contributed by atoms with Gasteiger partial charge in [0.1, 0.15) is 0 Å². The van der Waals surface area contributed by atoms with E-state index >= 15 is 0 Å². The summed E-state index contributed by atoms with van der Waals surface area (Å²) in [5, 5.41) is 5.95. The average Bonchev–Trinajstić information content (AvgIpc) is 2.65. The van der Waals surface area contributed by atoms with Crippen LogP contribution >= 0.6 is 0 Å². The van der Waals surface area contributed by atoms with Crippen LogP contribution in [0, 0.1) is 0 Å². The molecule has 0 radical (unpaired) electrons. The molecule has 0 aliphatic heterocycles. The topological polar surface area (TPSA) is 79.8 Å². The number of hydrogen-bond acceptors (Lipinski definition) is 5. The van der Waals surface area contributed by atoms with Crippen LogP contribution in [-0.2, 0) is 4.79 Å². The van der Waals surface area contributed by atoms with E-state index < -0.39 is 0 Å². The predicted octanol–water partition coefficient (Wildman–Crippen LogP) is 3.66. The zero-order chi connectivity index (χ0) is 17.5. The molecule has 0 bridgehead atoms. The summed E-state index contributed by atoms with van der Waals surface area (Å²) in [4.78, 5) is 24.5. The highest BCUT2D eigenvalue weighted by molar-refractivity contribution is 6.06. The highest BCUT2D eigenvalue weighted by Gasteiger charge is 2.05. The van der Waals surface area contributed by atoms with Crippen molar-refractivity contribution in [1.82, 2.24) is 15.0 Å². The molecule has 3 aromatic rings. The Morgan fingerprint density at radius 3 is 2.36 bits per heavy atom. The SMILES string of the molecule is C/C(=C\c1cccnc1)C(=O)Nc1ccc(Nc2ncccn2)cc1. The monoisotopic (exact) mass is 331 g/mol. The number of carbonyl (C=O) groups excluding carboxylic acids is 1. The van der Waals surface area contributed by atoms with Crippen molar-refractivity contribution in [2.75, 3.05) is 10.6 Å². The number of nitrogens with one attached hydrogen (secondary N) is 2. The van der Waals surface area contributed by atoms with Gasteiger partial charge in [-0.05, 0) is 55.0 Å². The van der Waals surface area contributed by atoms with Crippen molar-refractivity contribution in [1.29, 1.82) is 0 Å². The minimum atomic E-state index is -0.157. The predicted molar refractivity (Wildman–Crippen MR) is 98.3 cm³/mol. The molecule has 0 aliphatic carbocycles. The van der Waals surface area contributed by atoms with Crippen LogP contribution in [-0.4, -0.2) is 20.9 Å². The fourth-order valence-corrected chi connectivity index (χ4v) is 2.14. The number of benzene rings is 1. The van der Waals surface area contributed by atoms with Crippen molar-refractivity contribution in [2.45, 2.75) is 6.92 Å². The number of amides is 1. The Morgan fingerprint density at radius 2 is 1.68 bits per heavy atom. The molecule has 6 nitrogen and oxygen atoms in total. The van der Waals surface area contributed by atoms with E-state index in [1.807, 2.05) is 36.4 Å². The van der Waals surface area contributed by atoms with E-state index in [1.54, 1.807) is 43.9 Å². The summed E-state index contributed by atoms with van der Waals surface area (Å²) in [6.07, 6.45) is 8.54. The molecule has 1 amide bonds. The van der Waals surface area contributed by atoms with Crippen LogP contribution in [0.4, 0.5) is 17.3 Å². The van der Waals surface area contributed by atoms with Crippen molar-refractivity contribution in [3.63, 3.8) is 0 Å². The third-order valence-corrected chi connectivity index (χ3v) is 3.39.